The van der Waals surface area contributed by atoms with Gasteiger partial charge in [-0.15, -0.1) is 11.3 Å². The highest BCUT2D eigenvalue weighted by molar-refractivity contribution is 7.99. The number of hydrogen-bond donors (Lipinski definition) is 0. The van der Waals surface area contributed by atoms with Gasteiger partial charge in [0.2, 0.25) is 0 Å². The summed E-state index contributed by atoms with van der Waals surface area (Å²) < 4.78 is 1.44. The molecule has 3 aromatic rings. The van der Waals surface area contributed by atoms with Gasteiger partial charge in [-0.1, -0.05) is 23.9 Å². The third-order valence-electron chi connectivity index (χ3n) is 4.08. The number of nitro benzene ring substituents is 1. The first-order valence-corrected chi connectivity index (χ1v) is 9.47. The number of thioether (sulfide) groups is 1. The molecule has 1 aromatic carbocycles. The Morgan fingerprint density at radius 1 is 1.38 bits per heavy atom. The maximum atomic E-state index is 12.6. The van der Waals surface area contributed by atoms with E-state index in [0.717, 1.165) is 22.2 Å². The van der Waals surface area contributed by atoms with Gasteiger partial charge in [0.1, 0.15) is 4.83 Å². The maximum absolute atomic E-state index is 12.6. The van der Waals surface area contributed by atoms with E-state index >= 15 is 0 Å². The summed E-state index contributed by atoms with van der Waals surface area (Å²) in [6.07, 6.45) is 0. The van der Waals surface area contributed by atoms with E-state index in [1.54, 1.807) is 7.05 Å². The van der Waals surface area contributed by atoms with Crippen molar-refractivity contribution in [3.63, 3.8) is 0 Å². The fraction of sp³-hybridized carbons (Fsp3) is 0.235. The highest BCUT2D eigenvalue weighted by Crippen LogP contribution is 2.28. The molecule has 0 saturated carbocycles. The van der Waals surface area contributed by atoms with Crippen molar-refractivity contribution in [2.24, 2.45) is 7.05 Å². The van der Waals surface area contributed by atoms with E-state index < -0.39 is 4.92 Å². The van der Waals surface area contributed by atoms with Crippen LogP contribution in [0.2, 0.25) is 0 Å². The van der Waals surface area contributed by atoms with Crippen LogP contribution in [0.15, 0.2) is 34.2 Å². The number of carbonyl (C=O) groups is 1. The number of aromatic nitrogens is 2. The first-order valence-electron chi connectivity index (χ1n) is 7.66. The summed E-state index contributed by atoms with van der Waals surface area (Å²) in [5, 5.41) is 11.9. The van der Waals surface area contributed by atoms with Crippen LogP contribution in [0.1, 0.15) is 20.8 Å². The number of rotatable bonds is 5. The van der Waals surface area contributed by atoms with E-state index in [2.05, 4.69) is 4.98 Å². The van der Waals surface area contributed by atoms with Crippen molar-refractivity contribution in [2.75, 3.05) is 5.75 Å². The van der Waals surface area contributed by atoms with Crippen molar-refractivity contribution >= 4 is 44.8 Å². The molecular weight excluding hydrogens is 374 g/mol. The Kier molecular flexibility index (Phi) is 4.92. The number of Topliss-reactive ketones (excluding diaryl/α,β-unsaturated/α-hetero) is 1. The second kappa shape index (κ2) is 7.00. The molecule has 0 aliphatic rings. The lowest BCUT2D eigenvalue weighted by Gasteiger charge is -2.07. The number of thiophene rings is 1. The van der Waals surface area contributed by atoms with Gasteiger partial charge in [-0.05, 0) is 19.4 Å². The highest BCUT2D eigenvalue weighted by atomic mass is 32.2. The first kappa shape index (κ1) is 18.3. The van der Waals surface area contributed by atoms with Crippen LogP contribution in [0, 0.1) is 24.0 Å². The van der Waals surface area contributed by atoms with Crippen LogP contribution < -0.4 is 5.56 Å². The molecule has 9 heteroatoms. The molecule has 0 aliphatic heterocycles. The van der Waals surface area contributed by atoms with Gasteiger partial charge in [0, 0.05) is 29.6 Å². The molecule has 0 aliphatic carbocycles. The van der Waals surface area contributed by atoms with Crippen LogP contribution in [0.4, 0.5) is 5.69 Å². The number of carbonyl (C=O) groups excluding carboxylic acids is 1. The molecule has 2 aromatic heterocycles. The minimum absolute atomic E-state index is 0.0380. The van der Waals surface area contributed by atoms with Gasteiger partial charge in [0.05, 0.1) is 16.1 Å². The standard InChI is InChI=1S/C17H15N3O4S2/c1-9-10(2)26-15-14(9)16(22)19(3)17(18-15)25-8-13(21)11-5-4-6-12(7-11)20(23)24/h4-7H,8H2,1-3H3. The molecular formula is C17H15N3O4S2. The van der Waals surface area contributed by atoms with E-state index in [-0.39, 0.29) is 28.3 Å². The van der Waals surface area contributed by atoms with Crippen LogP contribution in [-0.4, -0.2) is 26.0 Å². The lowest BCUT2D eigenvalue weighted by Crippen LogP contribution is -2.20. The zero-order valence-electron chi connectivity index (χ0n) is 14.3. The summed E-state index contributed by atoms with van der Waals surface area (Å²) >= 11 is 2.60. The summed E-state index contributed by atoms with van der Waals surface area (Å²) in [6, 6.07) is 5.61. The number of benzene rings is 1. The molecule has 0 unspecified atom stereocenters. The molecule has 0 bridgehead atoms. The summed E-state index contributed by atoms with van der Waals surface area (Å²) in [7, 11) is 1.63. The molecule has 0 amide bonds. The van der Waals surface area contributed by atoms with Gasteiger partial charge in [-0.3, -0.25) is 24.3 Å². The Balaban J connectivity index is 1.87. The summed E-state index contributed by atoms with van der Waals surface area (Å²) in [5.74, 6) is -0.220. The third-order valence-corrected chi connectivity index (χ3v) is 6.21. The average Bonchev–Trinajstić information content (AvgIpc) is 2.90. The van der Waals surface area contributed by atoms with Crippen LogP contribution in [0.5, 0.6) is 0 Å². The molecule has 0 radical (unpaired) electrons. The number of non-ortho nitro benzene ring substituents is 1. The molecule has 0 spiro atoms. The third kappa shape index (κ3) is 3.27. The van der Waals surface area contributed by atoms with Crippen molar-refractivity contribution in [3.8, 4) is 0 Å². The molecule has 0 fully saturated rings. The predicted molar refractivity (Wildman–Crippen MR) is 102 cm³/mol. The lowest BCUT2D eigenvalue weighted by atomic mass is 10.1. The Morgan fingerprint density at radius 2 is 2.12 bits per heavy atom. The van der Waals surface area contributed by atoms with Crippen molar-refractivity contribution in [3.05, 3.63) is 60.7 Å². The summed E-state index contributed by atoms with van der Waals surface area (Å²) in [6.45, 7) is 3.84. The number of nitrogens with zero attached hydrogens (tertiary/aromatic N) is 3. The van der Waals surface area contributed by atoms with Crippen LogP contribution >= 0.6 is 23.1 Å². The normalized spacial score (nSPS) is 11.0. The van der Waals surface area contributed by atoms with Gasteiger partial charge < -0.3 is 0 Å². The number of nitro groups is 1. The Hall–Kier alpha value is -2.52. The van der Waals surface area contributed by atoms with Gasteiger partial charge >= 0.3 is 0 Å². The zero-order chi connectivity index (χ0) is 19.0. The number of ketones is 1. The fourth-order valence-electron chi connectivity index (χ4n) is 2.49. The van der Waals surface area contributed by atoms with Crippen molar-refractivity contribution in [1.29, 1.82) is 0 Å². The monoisotopic (exact) mass is 389 g/mol. The Labute approximate surface area is 156 Å². The van der Waals surface area contributed by atoms with Gasteiger partial charge in [0.25, 0.3) is 11.2 Å². The van der Waals surface area contributed by atoms with Crippen LogP contribution in [-0.2, 0) is 7.05 Å². The molecule has 0 atom stereocenters. The Morgan fingerprint density at radius 3 is 2.81 bits per heavy atom. The van der Waals surface area contributed by atoms with Crippen LogP contribution in [0.3, 0.4) is 0 Å². The van der Waals surface area contributed by atoms with Gasteiger partial charge in [-0.2, -0.15) is 0 Å². The van der Waals surface area contributed by atoms with Crippen LogP contribution in [0.25, 0.3) is 10.2 Å². The van der Waals surface area contributed by atoms with Crippen molar-refractivity contribution in [2.45, 2.75) is 19.0 Å². The van der Waals surface area contributed by atoms with Gasteiger partial charge in [0.15, 0.2) is 10.9 Å². The van der Waals surface area contributed by atoms with E-state index in [1.807, 2.05) is 13.8 Å². The highest BCUT2D eigenvalue weighted by Gasteiger charge is 2.17. The smallest absolute Gasteiger partial charge is 0.270 e. The van der Waals surface area contributed by atoms with Gasteiger partial charge in [-0.25, -0.2) is 4.98 Å². The summed E-state index contributed by atoms with van der Waals surface area (Å²) in [4.78, 5) is 41.4. The second-order valence-electron chi connectivity index (χ2n) is 5.74. The number of hydrogen-bond acceptors (Lipinski definition) is 7. The quantitative estimate of drug-likeness (QED) is 0.218. The number of fused-ring (bicyclic) bond motifs is 1. The summed E-state index contributed by atoms with van der Waals surface area (Å²) in [5.41, 5.74) is 0.933. The largest absolute Gasteiger partial charge is 0.293 e. The predicted octanol–water partition coefficient (Wildman–Crippen LogP) is 3.50. The SMILES string of the molecule is Cc1sc2nc(SCC(=O)c3cccc([N+](=O)[O-])c3)n(C)c(=O)c2c1C. The molecule has 2 heterocycles. The topological polar surface area (TPSA) is 95.1 Å². The van der Waals surface area contributed by atoms with Crippen molar-refractivity contribution < 1.29 is 9.72 Å². The molecule has 0 saturated heterocycles. The van der Waals surface area contributed by atoms with E-state index in [9.17, 15) is 19.7 Å². The lowest BCUT2D eigenvalue weighted by molar-refractivity contribution is -0.384. The zero-order valence-corrected chi connectivity index (χ0v) is 15.9. The maximum Gasteiger partial charge on any atom is 0.270 e. The first-order chi connectivity index (χ1) is 12.3. The number of aryl methyl sites for hydroxylation is 2. The molecule has 3 rings (SSSR count). The van der Waals surface area contributed by atoms with Crippen molar-refractivity contribution in [1.82, 2.24) is 9.55 Å². The molecule has 0 N–H and O–H groups in total. The van der Waals surface area contributed by atoms with E-state index in [4.69, 9.17) is 0 Å². The minimum atomic E-state index is -0.537. The Bertz CT molecular complexity index is 1100. The van der Waals surface area contributed by atoms with E-state index in [0.29, 0.717) is 15.4 Å². The minimum Gasteiger partial charge on any atom is -0.293 e. The second-order valence-corrected chi connectivity index (χ2v) is 7.89. The average molecular weight is 389 g/mol. The van der Waals surface area contributed by atoms with E-state index in [1.165, 1.54) is 40.2 Å². The molecule has 7 nitrogen and oxygen atoms in total. The molecule has 26 heavy (non-hydrogen) atoms. The molecule has 134 valence electrons. The fourth-order valence-corrected chi connectivity index (χ4v) is 4.43.